The van der Waals surface area contributed by atoms with Crippen molar-refractivity contribution in [3.63, 3.8) is 0 Å². The van der Waals surface area contributed by atoms with Crippen molar-refractivity contribution in [2.45, 2.75) is 33.7 Å². The molecule has 1 N–H and O–H groups in total. The number of fused-ring (bicyclic) bond motifs is 1. The number of carbonyl (C=O) groups excluding carboxylic acids is 1. The summed E-state index contributed by atoms with van der Waals surface area (Å²) in [5, 5.41) is 3.09. The van der Waals surface area contributed by atoms with Crippen molar-refractivity contribution in [3.8, 4) is 5.88 Å². The van der Waals surface area contributed by atoms with Gasteiger partial charge < -0.3 is 15.0 Å². The van der Waals surface area contributed by atoms with Crippen LogP contribution in [-0.4, -0.2) is 30.6 Å². The standard InChI is InChI=1S/C20H25N3O2/c1-13-5-7-17(11-14(13)2)16(4)22-19(24)12-23-9-10-25-20-18(23)8-6-15(3)21-20/h5-8,11,16H,9-10,12H2,1-4H3,(H,22,24)/t16-/m0/s1. The molecule has 1 atom stereocenters. The van der Waals surface area contributed by atoms with Gasteiger partial charge in [-0.25, -0.2) is 4.98 Å². The number of aryl methyl sites for hydroxylation is 3. The number of pyridine rings is 1. The van der Waals surface area contributed by atoms with E-state index < -0.39 is 0 Å². The Kier molecular flexibility index (Phi) is 4.93. The molecule has 0 unspecified atom stereocenters. The molecule has 5 nitrogen and oxygen atoms in total. The topological polar surface area (TPSA) is 54.5 Å². The quantitative estimate of drug-likeness (QED) is 0.930. The Morgan fingerprint density at radius 3 is 2.80 bits per heavy atom. The van der Waals surface area contributed by atoms with Crippen LogP contribution < -0.4 is 15.0 Å². The van der Waals surface area contributed by atoms with E-state index in [-0.39, 0.29) is 11.9 Å². The van der Waals surface area contributed by atoms with Gasteiger partial charge in [-0.2, -0.15) is 0 Å². The fourth-order valence-corrected chi connectivity index (χ4v) is 2.99. The van der Waals surface area contributed by atoms with E-state index in [0.29, 0.717) is 25.6 Å². The zero-order chi connectivity index (χ0) is 18.0. The van der Waals surface area contributed by atoms with E-state index in [0.717, 1.165) is 16.9 Å². The van der Waals surface area contributed by atoms with Crippen LogP contribution in [-0.2, 0) is 4.79 Å². The normalized spacial score (nSPS) is 14.5. The third kappa shape index (κ3) is 3.92. The van der Waals surface area contributed by atoms with E-state index in [2.05, 4.69) is 42.3 Å². The molecule has 0 fully saturated rings. The highest BCUT2D eigenvalue weighted by atomic mass is 16.5. The molecule has 0 saturated heterocycles. The number of aromatic nitrogens is 1. The minimum atomic E-state index is -0.0246. The first-order chi connectivity index (χ1) is 11.9. The Morgan fingerprint density at radius 1 is 1.24 bits per heavy atom. The van der Waals surface area contributed by atoms with Gasteiger partial charge >= 0.3 is 0 Å². The molecule has 1 aromatic carbocycles. The van der Waals surface area contributed by atoms with Crippen LogP contribution in [0.5, 0.6) is 5.88 Å². The van der Waals surface area contributed by atoms with Crippen LogP contribution in [0.15, 0.2) is 30.3 Å². The number of hydrogen-bond donors (Lipinski definition) is 1. The minimum Gasteiger partial charge on any atom is -0.474 e. The van der Waals surface area contributed by atoms with E-state index in [4.69, 9.17) is 4.74 Å². The van der Waals surface area contributed by atoms with Crippen molar-refractivity contribution in [1.29, 1.82) is 0 Å². The lowest BCUT2D eigenvalue weighted by Crippen LogP contribution is -2.42. The third-order valence-electron chi connectivity index (χ3n) is 4.66. The van der Waals surface area contributed by atoms with Gasteiger partial charge in [-0.15, -0.1) is 0 Å². The highest BCUT2D eigenvalue weighted by molar-refractivity contribution is 5.82. The molecular weight excluding hydrogens is 314 g/mol. The second-order valence-corrected chi connectivity index (χ2v) is 6.68. The van der Waals surface area contributed by atoms with E-state index in [9.17, 15) is 4.79 Å². The average Bonchev–Trinajstić information content (AvgIpc) is 2.57. The van der Waals surface area contributed by atoms with E-state index in [1.807, 2.05) is 30.9 Å². The number of hydrogen-bond acceptors (Lipinski definition) is 4. The number of amides is 1. The molecule has 2 heterocycles. The number of rotatable bonds is 4. The summed E-state index contributed by atoms with van der Waals surface area (Å²) in [7, 11) is 0. The summed E-state index contributed by atoms with van der Waals surface area (Å²) in [6.07, 6.45) is 0. The lowest BCUT2D eigenvalue weighted by Gasteiger charge is -2.30. The summed E-state index contributed by atoms with van der Waals surface area (Å²) in [5.74, 6) is 0.611. The van der Waals surface area contributed by atoms with Crippen molar-refractivity contribution in [2.75, 3.05) is 24.6 Å². The van der Waals surface area contributed by atoms with Crippen LogP contribution in [0.4, 0.5) is 5.69 Å². The first-order valence-corrected chi connectivity index (χ1v) is 8.66. The summed E-state index contributed by atoms with van der Waals surface area (Å²) >= 11 is 0. The summed E-state index contributed by atoms with van der Waals surface area (Å²) in [6.45, 7) is 9.66. The molecular formula is C20H25N3O2. The van der Waals surface area contributed by atoms with Crippen LogP contribution in [0.1, 0.15) is 35.3 Å². The largest absolute Gasteiger partial charge is 0.474 e. The maximum Gasteiger partial charge on any atom is 0.239 e. The van der Waals surface area contributed by atoms with Crippen molar-refractivity contribution in [2.24, 2.45) is 0 Å². The zero-order valence-electron chi connectivity index (χ0n) is 15.3. The Balaban J connectivity index is 1.66. The van der Waals surface area contributed by atoms with Gasteiger partial charge in [-0.05, 0) is 56.5 Å². The van der Waals surface area contributed by atoms with Crippen molar-refractivity contribution in [3.05, 3.63) is 52.7 Å². The van der Waals surface area contributed by atoms with E-state index in [1.54, 1.807) is 0 Å². The van der Waals surface area contributed by atoms with Gasteiger partial charge in [0.05, 0.1) is 19.1 Å². The predicted molar refractivity (Wildman–Crippen MR) is 99.2 cm³/mol. The lowest BCUT2D eigenvalue weighted by atomic mass is 10.0. The lowest BCUT2D eigenvalue weighted by molar-refractivity contribution is -0.120. The number of benzene rings is 1. The Hall–Kier alpha value is -2.56. The molecule has 0 bridgehead atoms. The van der Waals surface area contributed by atoms with E-state index in [1.165, 1.54) is 11.1 Å². The molecule has 0 aliphatic carbocycles. The van der Waals surface area contributed by atoms with Gasteiger partial charge in [0.15, 0.2) is 0 Å². The van der Waals surface area contributed by atoms with Crippen molar-refractivity contribution < 1.29 is 9.53 Å². The van der Waals surface area contributed by atoms with Gasteiger partial charge in [0.2, 0.25) is 11.8 Å². The molecule has 0 saturated carbocycles. The molecule has 0 radical (unpaired) electrons. The van der Waals surface area contributed by atoms with Crippen molar-refractivity contribution >= 4 is 11.6 Å². The monoisotopic (exact) mass is 339 g/mol. The molecule has 2 aromatic rings. The Bertz CT molecular complexity index is 789. The number of anilines is 1. The average molecular weight is 339 g/mol. The summed E-state index contributed by atoms with van der Waals surface area (Å²) in [6, 6.07) is 10.2. The van der Waals surface area contributed by atoms with Crippen LogP contribution in [0.25, 0.3) is 0 Å². The predicted octanol–water partition coefficient (Wildman–Crippen LogP) is 3.08. The van der Waals surface area contributed by atoms with Gasteiger partial charge in [-0.1, -0.05) is 18.2 Å². The highest BCUT2D eigenvalue weighted by Gasteiger charge is 2.22. The number of ether oxygens (including phenoxy) is 1. The van der Waals surface area contributed by atoms with Crippen LogP contribution >= 0.6 is 0 Å². The molecule has 0 spiro atoms. The molecule has 1 aromatic heterocycles. The van der Waals surface area contributed by atoms with Gasteiger partial charge in [0.1, 0.15) is 12.3 Å². The molecule has 1 aliphatic rings. The fraction of sp³-hybridized carbons (Fsp3) is 0.400. The summed E-state index contributed by atoms with van der Waals surface area (Å²) in [5.41, 5.74) is 5.41. The van der Waals surface area contributed by atoms with Gasteiger partial charge in [0.25, 0.3) is 0 Å². The second-order valence-electron chi connectivity index (χ2n) is 6.68. The first-order valence-electron chi connectivity index (χ1n) is 8.66. The van der Waals surface area contributed by atoms with Gasteiger partial charge in [0, 0.05) is 5.69 Å². The second kappa shape index (κ2) is 7.13. The Morgan fingerprint density at radius 2 is 2.04 bits per heavy atom. The molecule has 1 amide bonds. The summed E-state index contributed by atoms with van der Waals surface area (Å²) < 4.78 is 5.61. The zero-order valence-corrected chi connectivity index (χ0v) is 15.3. The molecule has 132 valence electrons. The number of carbonyl (C=O) groups is 1. The Labute approximate surface area is 149 Å². The highest BCUT2D eigenvalue weighted by Crippen LogP contribution is 2.29. The van der Waals surface area contributed by atoms with E-state index >= 15 is 0 Å². The summed E-state index contributed by atoms with van der Waals surface area (Å²) in [4.78, 5) is 18.9. The number of nitrogens with one attached hydrogen (secondary N) is 1. The maximum absolute atomic E-state index is 12.5. The molecule has 25 heavy (non-hydrogen) atoms. The molecule has 5 heteroatoms. The van der Waals surface area contributed by atoms with Crippen LogP contribution in [0.2, 0.25) is 0 Å². The van der Waals surface area contributed by atoms with Gasteiger partial charge in [-0.3, -0.25) is 4.79 Å². The fourth-order valence-electron chi connectivity index (χ4n) is 2.99. The third-order valence-corrected chi connectivity index (χ3v) is 4.66. The van der Waals surface area contributed by atoms with Crippen LogP contribution in [0, 0.1) is 20.8 Å². The smallest absolute Gasteiger partial charge is 0.239 e. The number of nitrogens with zero attached hydrogens (tertiary/aromatic N) is 2. The maximum atomic E-state index is 12.5. The molecule has 1 aliphatic heterocycles. The minimum absolute atomic E-state index is 0.000784. The van der Waals surface area contributed by atoms with Crippen molar-refractivity contribution in [1.82, 2.24) is 10.3 Å². The van der Waals surface area contributed by atoms with Crippen LogP contribution in [0.3, 0.4) is 0 Å². The first kappa shape index (κ1) is 17.3. The SMILES string of the molecule is Cc1ccc2c(n1)OCCN2CC(=O)N[C@@H](C)c1ccc(C)c(C)c1. The molecule has 3 rings (SSSR count).